The molecular formula is C16H13N5O4S. The minimum Gasteiger partial charge on any atom is -0.366 e. The van der Waals surface area contributed by atoms with E-state index >= 15 is 0 Å². The van der Waals surface area contributed by atoms with Crippen LogP contribution in [-0.2, 0) is 4.79 Å². The summed E-state index contributed by atoms with van der Waals surface area (Å²) >= 11 is 0.983. The monoisotopic (exact) mass is 371 g/mol. The van der Waals surface area contributed by atoms with Crippen molar-refractivity contribution in [3.05, 3.63) is 58.1 Å². The number of imidazole rings is 1. The Kier molecular flexibility index (Phi) is 4.85. The molecule has 4 N–H and O–H groups in total. The Morgan fingerprint density at radius 3 is 2.73 bits per heavy atom. The first-order chi connectivity index (χ1) is 12.4. The van der Waals surface area contributed by atoms with Crippen molar-refractivity contribution in [1.82, 2.24) is 9.97 Å². The van der Waals surface area contributed by atoms with Crippen molar-refractivity contribution in [2.24, 2.45) is 5.73 Å². The number of hydrogen-bond acceptors (Lipinski definition) is 6. The summed E-state index contributed by atoms with van der Waals surface area (Å²) in [7, 11) is 0. The Morgan fingerprint density at radius 1 is 1.27 bits per heavy atom. The highest BCUT2D eigenvalue weighted by atomic mass is 32.2. The average Bonchev–Trinajstić information content (AvgIpc) is 3.01. The molecule has 0 aliphatic carbocycles. The first-order valence-corrected chi connectivity index (χ1v) is 8.38. The largest absolute Gasteiger partial charge is 0.366 e. The van der Waals surface area contributed by atoms with Crippen molar-refractivity contribution in [3.8, 4) is 0 Å². The molecule has 2 aromatic carbocycles. The SMILES string of the molecule is NC(=O)c1ccc(SCC(=O)Nc2nc3ccccc3[nH]2)c([N+](=O)[O-])c1. The summed E-state index contributed by atoms with van der Waals surface area (Å²) < 4.78 is 0. The number of carbonyl (C=O) groups is 2. The summed E-state index contributed by atoms with van der Waals surface area (Å²) in [6, 6.07) is 11.2. The zero-order chi connectivity index (χ0) is 18.7. The fourth-order valence-corrected chi connectivity index (χ4v) is 3.06. The molecule has 3 aromatic rings. The van der Waals surface area contributed by atoms with E-state index in [1.807, 2.05) is 18.2 Å². The summed E-state index contributed by atoms with van der Waals surface area (Å²) in [6.45, 7) is 0. The standard InChI is InChI=1S/C16H13N5O4S/c17-15(23)9-5-6-13(12(7-9)21(24)25)26-8-14(22)20-16-18-10-3-1-2-4-11(10)19-16/h1-7H,8H2,(H2,17,23)(H2,18,19,20,22). The third-order valence-electron chi connectivity index (χ3n) is 3.45. The van der Waals surface area contributed by atoms with E-state index in [-0.39, 0.29) is 27.8 Å². The molecule has 0 saturated heterocycles. The Balaban J connectivity index is 1.69. The van der Waals surface area contributed by atoms with E-state index in [9.17, 15) is 19.7 Å². The van der Waals surface area contributed by atoms with Gasteiger partial charge >= 0.3 is 0 Å². The van der Waals surface area contributed by atoms with Gasteiger partial charge in [-0.2, -0.15) is 0 Å². The number of primary amides is 1. The third kappa shape index (κ3) is 3.81. The van der Waals surface area contributed by atoms with E-state index in [0.717, 1.165) is 23.3 Å². The molecule has 0 bridgehead atoms. The average molecular weight is 371 g/mol. The van der Waals surface area contributed by atoms with E-state index in [4.69, 9.17) is 5.73 Å². The summed E-state index contributed by atoms with van der Waals surface area (Å²) in [5, 5.41) is 13.8. The summed E-state index contributed by atoms with van der Waals surface area (Å²) in [6.07, 6.45) is 0. The number of amides is 2. The van der Waals surface area contributed by atoms with Gasteiger partial charge in [-0.25, -0.2) is 4.98 Å². The van der Waals surface area contributed by atoms with Gasteiger partial charge in [-0.1, -0.05) is 12.1 Å². The maximum Gasteiger partial charge on any atom is 0.283 e. The molecule has 9 nitrogen and oxygen atoms in total. The molecule has 1 heterocycles. The van der Waals surface area contributed by atoms with Crippen molar-refractivity contribution in [2.75, 3.05) is 11.1 Å². The third-order valence-corrected chi connectivity index (χ3v) is 4.51. The van der Waals surface area contributed by atoms with Crippen molar-refractivity contribution in [2.45, 2.75) is 4.90 Å². The molecule has 2 amide bonds. The number of hydrogen-bond donors (Lipinski definition) is 3. The number of aromatic nitrogens is 2. The minimum atomic E-state index is -0.757. The van der Waals surface area contributed by atoms with Crippen molar-refractivity contribution < 1.29 is 14.5 Å². The molecule has 0 radical (unpaired) electrons. The predicted molar refractivity (Wildman–Crippen MR) is 97.1 cm³/mol. The lowest BCUT2D eigenvalue weighted by Crippen LogP contribution is -2.15. The van der Waals surface area contributed by atoms with Crippen LogP contribution in [0.3, 0.4) is 0 Å². The smallest absolute Gasteiger partial charge is 0.283 e. The number of carbonyl (C=O) groups excluding carboxylic acids is 2. The number of nitrogens with zero attached hydrogens (tertiary/aromatic N) is 2. The molecule has 0 spiro atoms. The van der Waals surface area contributed by atoms with Crippen LogP contribution < -0.4 is 11.1 Å². The lowest BCUT2D eigenvalue weighted by Gasteiger charge is -2.04. The van der Waals surface area contributed by atoms with E-state index in [1.54, 1.807) is 6.07 Å². The van der Waals surface area contributed by atoms with Gasteiger partial charge in [0.25, 0.3) is 5.69 Å². The van der Waals surface area contributed by atoms with Gasteiger partial charge in [0, 0.05) is 11.6 Å². The van der Waals surface area contributed by atoms with Crippen molar-refractivity contribution in [3.63, 3.8) is 0 Å². The van der Waals surface area contributed by atoms with Crippen LogP contribution in [0.4, 0.5) is 11.6 Å². The number of H-pyrrole nitrogens is 1. The number of fused-ring (bicyclic) bond motifs is 1. The number of para-hydroxylation sites is 2. The summed E-state index contributed by atoms with van der Waals surface area (Å²) in [5.74, 6) is -0.890. The number of anilines is 1. The van der Waals surface area contributed by atoms with E-state index in [2.05, 4.69) is 15.3 Å². The van der Waals surface area contributed by atoms with Crippen LogP contribution in [0.25, 0.3) is 11.0 Å². The Hall–Kier alpha value is -3.40. The van der Waals surface area contributed by atoms with Crippen LogP contribution >= 0.6 is 11.8 Å². The highest BCUT2D eigenvalue weighted by Crippen LogP contribution is 2.30. The van der Waals surface area contributed by atoms with Crippen LogP contribution in [0, 0.1) is 10.1 Å². The number of nitro groups is 1. The second kappa shape index (κ2) is 7.23. The van der Waals surface area contributed by atoms with Crippen LogP contribution in [0.1, 0.15) is 10.4 Å². The highest BCUT2D eigenvalue weighted by Gasteiger charge is 2.18. The lowest BCUT2D eigenvalue weighted by atomic mass is 10.2. The zero-order valence-electron chi connectivity index (χ0n) is 13.3. The van der Waals surface area contributed by atoms with Crippen molar-refractivity contribution in [1.29, 1.82) is 0 Å². The van der Waals surface area contributed by atoms with Gasteiger partial charge in [0.1, 0.15) is 0 Å². The van der Waals surface area contributed by atoms with Crippen LogP contribution in [0.5, 0.6) is 0 Å². The first kappa shape index (κ1) is 17.4. The van der Waals surface area contributed by atoms with Gasteiger partial charge in [0.05, 0.1) is 26.6 Å². The molecule has 3 rings (SSSR count). The fraction of sp³-hybridized carbons (Fsp3) is 0.0625. The van der Waals surface area contributed by atoms with Crippen LogP contribution in [-0.4, -0.2) is 32.5 Å². The Bertz CT molecular complexity index is 984. The van der Waals surface area contributed by atoms with E-state index in [0.29, 0.717) is 11.5 Å². The Morgan fingerprint density at radius 2 is 2.04 bits per heavy atom. The molecular weight excluding hydrogens is 358 g/mol. The molecule has 0 unspecified atom stereocenters. The van der Waals surface area contributed by atoms with Gasteiger partial charge in [-0.05, 0) is 24.3 Å². The number of rotatable bonds is 6. The molecule has 0 fully saturated rings. The normalized spacial score (nSPS) is 10.6. The molecule has 10 heteroatoms. The highest BCUT2D eigenvalue weighted by molar-refractivity contribution is 8.00. The predicted octanol–water partition coefficient (Wildman–Crippen LogP) is 2.30. The second-order valence-corrected chi connectivity index (χ2v) is 6.26. The van der Waals surface area contributed by atoms with Gasteiger partial charge in [-0.3, -0.25) is 25.0 Å². The number of nitrogens with one attached hydrogen (secondary N) is 2. The zero-order valence-corrected chi connectivity index (χ0v) is 14.1. The van der Waals surface area contributed by atoms with Crippen molar-refractivity contribution >= 4 is 46.2 Å². The summed E-state index contributed by atoms with van der Waals surface area (Å²) in [5.41, 5.74) is 6.39. The number of benzene rings is 2. The van der Waals surface area contributed by atoms with E-state index < -0.39 is 10.8 Å². The maximum absolute atomic E-state index is 12.1. The number of nitro benzene ring substituents is 1. The lowest BCUT2D eigenvalue weighted by molar-refractivity contribution is -0.387. The second-order valence-electron chi connectivity index (χ2n) is 5.24. The van der Waals surface area contributed by atoms with Gasteiger partial charge in [0.15, 0.2) is 0 Å². The summed E-state index contributed by atoms with van der Waals surface area (Å²) in [4.78, 5) is 41.2. The van der Waals surface area contributed by atoms with Crippen LogP contribution in [0.15, 0.2) is 47.4 Å². The molecule has 26 heavy (non-hydrogen) atoms. The van der Waals surface area contributed by atoms with E-state index in [1.165, 1.54) is 12.1 Å². The van der Waals surface area contributed by atoms with Crippen LogP contribution in [0.2, 0.25) is 0 Å². The van der Waals surface area contributed by atoms with Gasteiger partial charge in [0.2, 0.25) is 17.8 Å². The van der Waals surface area contributed by atoms with Gasteiger partial charge < -0.3 is 10.7 Å². The number of thioether (sulfide) groups is 1. The molecule has 1 aromatic heterocycles. The minimum absolute atomic E-state index is 0.0350. The number of nitrogens with two attached hydrogens (primary N) is 1. The van der Waals surface area contributed by atoms with Gasteiger partial charge in [-0.15, -0.1) is 11.8 Å². The molecule has 0 aliphatic rings. The maximum atomic E-state index is 12.1. The Labute approximate surface area is 151 Å². The molecule has 0 saturated carbocycles. The first-order valence-electron chi connectivity index (χ1n) is 7.39. The molecule has 132 valence electrons. The number of aromatic amines is 1. The molecule has 0 atom stereocenters. The molecule has 0 aliphatic heterocycles. The fourth-order valence-electron chi connectivity index (χ4n) is 2.26. The quantitative estimate of drug-likeness (QED) is 0.344. The topological polar surface area (TPSA) is 144 Å².